The van der Waals surface area contributed by atoms with E-state index in [-0.39, 0.29) is 12.0 Å². The predicted octanol–water partition coefficient (Wildman–Crippen LogP) is 4.21. The number of ether oxygens (including phenoxy) is 2. The standard InChI is InChI=1S/C22H28ClN3O3/c1-25-13-18(23)19(24-25)14-26(22(27)11-16-7-3-2-4-8-16)12-17-15-28-20-9-5-6-10-21(20)29-17/h5-6,9-10,13,16-17H,2-4,7-8,11-12,14-15H2,1H3/t17-/m1/s1. The zero-order chi connectivity index (χ0) is 20.2. The average Bonchev–Trinajstić information content (AvgIpc) is 3.05. The maximum atomic E-state index is 13.2. The fraction of sp³-hybridized carbons (Fsp3) is 0.545. The summed E-state index contributed by atoms with van der Waals surface area (Å²) in [5, 5.41) is 5.00. The Morgan fingerprint density at radius 2 is 2.00 bits per heavy atom. The van der Waals surface area contributed by atoms with Gasteiger partial charge in [0.05, 0.1) is 18.1 Å². The lowest BCUT2D eigenvalue weighted by atomic mass is 9.86. The molecule has 2 heterocycles. The molecule has 1 atom stereocenters. The minimum absolute atomic E-state index is 0.140. The van der Waals surface area contributed by atoms with Gasteiger partial charge in [0, 0.05) is 19.7 Å². The minimum atomic E-state index is -0.220. The molecule has 0 N–H and O–H groups in total. The van der Waals surface area contributed by atoms with E-state index in [4.69, 9.17) is 21.1 Å². The van der Waals surface area contributed by atoms with E-state index in [1.54, 1.807) is 10.9 Å². The number of carbonyl (C=O) groups excluding carboxylic acids is 1. The van der Waals surface area contributed by atoms with E-state index >= 15 is 0 Å². The van der Waals surface area contributed by atoms with E-state index in [9.17, 15) is 4.79 Å². The van der Waals surface area contributed by atoms with Gasteiger partial charge in [0.2, 0.25) is 5.91 Å². The summed E-state index contributed by atoms with van der Waals surface area (Å²) in [5.74, 6) is 2.08. The van der Waals surface area contributed by atoms with Crippen molar-refractivity contribution in [2.45, 2.75) is 51.2 Å². The van der Waals surface area contributed by atoms with Crippen molar-refractivity contribution in [1.29, 1.82) is 0 Å². The first-order valence-electron chi connectivity index (χ1n) is 10.4. The lowest BCUT2D eigenvalue weighted by Crippen LogP contribution is -2.44. The normalized spacial score (nSPS) is 19.2. The van der Waals surface area contributed by atoms with E-state index in [1.165, 1.54) is 19.3 Å². The molecular weight excluding hydrogens is 390 g/mol. The van der Waals surface area contributed by atoms with Crippen LogP contribution in [0, 0.1) is 5.92 Å². The van der Waals surface area contributed by atoms with Gasteiger partial charge in [0.1, 0.15) is 12.3 Å². The van der Waals surface area contributed by atoms with Crippen molar-refractivity contribution in [3.63, 3.8) is 0 Å². The molecule has 2 aliphatic rings. The second kappa shape index (κ2) is 9.08. The van der Waals surface area contributed by atoms with Gasteiger partial charge in [-0.1, -0.05) is 43.0 Å². The van der Waals surface area contributed by atoms with Crippen LogP contribution in [0.1, 0.15) is 44.2 Å². The number of aromatic nitrogens is 2. The molecule has 0 spiro atoms. The van der Waals surface area contributed by atoms with Crippen molar-refractivity contribution < 1.29 is 14.3 Å². The summed E-state index contributed by atoms with van der Waals surface area (Å²) >= 11 is 6.32. The topological polar surface area (TPSA) is 56.6 Å². The Hall–Kier alpha value is -2.21. The highest BCUT2D eigenvalue weighted by atomic mass is 35.5. The molecule has 1 aromatic heterocycles. The van der Waals surface area contributed by atoms with E-state index in [2.05, 4.69) is 5.10 Å². The summed E-state index contributed by atoms with van der Waals surface area (Å²) in [7, 11) is 1.83. The van der Waals surface area contributed by atoms with Gasteiger partial charge >= 0.3 is 0 Å². The number of hydrogen-bond acceptors (Lipinski definition) is 4. The molecule has 1 amide bonds. The zero-order valence-corrected chi connectivity index (χ0v) is 17.6. The molecule has 0 unspecified atom stereocenters. The molecule has 7 heteroatoms. The van der Waals surface area contributed by atoms with Crippen LogP contribution < -0.4 is 9.47 Å². The van der Waals surface area contributed by atoms with Crippen molar-refractivity contribution in [3.8, 4) is 11.5 Å². The third-order valence-electron chi connectivity index (χ3n) is 5.73. The number of carbonyl (C=O) groups is 1. The lowest BCUT2D eigenvalue weighted by molar-refractivity contribution is -0.134. The first-order chi connectivity index (χ1) is 14.1. The molecular formula is C22H28ClN3O3. The summed E-state index contributed by atoms with van der Waals surface area (Å²) in [6.45, 7) is 1.25. The van der Waals surface area contributed by atoms with E-state index in [0.717, 1.165) is 24.3 Å². The Kier molecular flexibility index (Phi) is 6.28. The molecule has 1 saturated carbocycles. The van der Waals surface area contributed by atoms with E-state index < -0.39 is 0 Å². The average molecular weight is 418 g/mol. The monoisotopic (exact) mass is 417 g/mol. The number of halogens is 1. The van der Waals surface area contributed by atoms with Crippen molar-refractivity contribution in [2.75, 3.05) is 13.2 Å². The fourth-order valence-corrected chi connectivity index (χ4v) is 4.45. The van der Waals surface area contributed by atoms with Crippen molar-refractivity contribution >= 4 is 17.5 Å². The van der Waals surface area contributed by atoms with Gasteiger partial charge in [-0.05, 0) is 30.9 Å². The maximum Gasteiger partial charge on any atom is 0.223 e. The largest absolute Gasteiger partial charge is 0.486 e. The van der Waals surface area contributed by atoms with Gasteiger partial charge in [0.15, 0.2) is 17.6 Å². The van der Waals surface area contributed by atoms with Crippen LogP contribution in [0.3, 0.4) is 0 Å². The van der Waals surface area contributed by atoms with Crippen LogP contribution in [0.5, 0.6) is 11.5 Å². The van der Waals surface area contributed by atoms with Gasteiger partial charge in [-0.15, -0.1) is 0 Å². The fourth-order valence-electron chi connectivity index (χ4n) is 4.21. The Morgan fingerprint density at radius 3 is 2.72 bits per heavy atom. The summed E-state index contributed by atoms with van der Waals surface area (Å²) < 4.78 is 13.6. The summed E-state index contributed by atoms with van der Waals surface area (Å²) in [6, 6.07) is 7.63. The van der Waals surface area contributed by atoms with Gasteiger partial charge in [-0.3, -0.25) is 9.48 Å². The Labute approximate surface area is 176 Å². The summed E-state index contributed by atoms with van der Waals surface area (Å²) in [6.07, 6.45) is 8.13. The Morgan fingerprint density at radius 1 is 1.24 bits per heavy atom. The van der Waals surface area contributed by atoms with Crippen LogP contribution in [0.15, 0.2) is 30.5 Å². The second-order valence-electron chi connectivity index (χ2n) is 8.08. The Balaban J connectivity index is 1.46. The minimum Gasteiger partial charge on any atom is -0.486 e. The third-order valence-corrected chi connectivity index (χ3v) is 6.04. The molecule has 0 bridgehead atoms. The molecule has 6 nitrogen and oxygen atoms in total. The number of amides is 1. The highest BCUT2D eigenvalue weighted by Gasteiger charge is 2.28. The SMILES string of the molecule is Cn1cc(Cl)c(CN(C[C@@H]2COc3ccccc3O2)C(=O)CC2CCCCC2)n1. The molecule has 4 rings (SSSR count). The van der Waals surface area contributed by atoms with E-state index in [1.807, 2.05) is 36.2 Å². The molecule has 29 heavy (non-hydrogen) atoms. The van der Waals surface area contributed by atoms with Crippen LogP contribution in [-0.4, -0.2) is 39.8 Å². The van der Waals surface area contributed by atoms with Gasteiger partial charge in [-0.2, -0.15) is 5.10 Å². The predicted molar refractivity (Wildman–Crippen MR) is 111 cm³/mol. The number of fused-ring (bicyclic) bond motifs is 1. The number of hydrogen-bond donors (Lipinski definition) is 0. The molecule has 0 radical (unpaired) electrons. The second-order valence-corrected chi connectivity index (χ2v) is 8.48. The smallest absolute Gasteiger partial charge is 0.223 e. The molecule has 1 aliphatic heterocycles. The van der Waals surface area contributed by atoms with Crippen molar-refractivity contribution in [1.82, 2.24) is 14.7 Å². The summed E-state index contributed by atoms with van der Waals surface area (Å²) in [5.41, 5.74) is 0.711. The first kappa shape index (κ1) is 20.1. The van der Waals surface area contributed by atoms with Crippen LogP contribution in [-0.2, 0) is 18.4 Å². The van der Waals surface area contributed by atoms with Gasteiger partial charge in [0.25, 0.3) is 0 Å². The number of benzene rings is 1. The van der Waals surface area contributed by atoms with Crippen LogP contribution in [0.25, 0.3) is 0 Å². The zero-order valence-electron chi connectivity index (χ0n) is 16.8. The number of rotatable bonds is 6. The molecule has 156 valence electrons. The number of para-hydroxylation sites is 2. The summed E-state index contributed by atoms with van der Waals surface area (Å²) in [4.78, 5) is 15.0. The van der Waals surface area contributed by atoms with Crippen LogP contribution in [0.2, 0.25) is 5.02 Å². The van der Waals surface area contributed by atoms with Crippen LogP contribution in [0.4, 0.5) is 0 Å². The molecule has 1 aliphatic carbocycles. The number of nitrogens with zero attached hydrogens (tertiary/aromatic N) is 3. The maximum absolute atomic E-state index is 13.2. The van der Waals surface area contributed by atoms with Crippen LogP contribution >= 0.6 is 11.6 Å². The van der Waals surface area contributed by atoms with E-state index in [0.29, 0.717) is 42.8 Å². The number of aryl methyl sites for hydroxylation is 1. The molecule has 0 saturated heterocycles. The molecule has 1 fully saturated rings. The lowest BCUT2D eigenvalue weighted by Gasteiger charge is -2.32. The third kappa shape index (κ3) is 5.04. The quantitative estimate of drug-likeness (QED) is 0.706. The van der Waals surface area contributed by atoms with Crippen molar-refractivity contribution in [2.24, 2.45) is 13.0 Å². The first-order valence-corrected chi connectivity index (χ1v) is 10.8. The van der Waals surface area contributed by atoms with Crippen molar-refractivity contribution in [3.05, 3.63) is 41.2 Å². The highest BCUT2D eigenvalue weighted by Crippen LogP contribution is 2.32. The molecule has 1 aromatic carbocycles. The van der Waals surface area contributed by atoms with Gasteiger partial charge < -0.3 is 14.4 Å². The Bertz CT molecular complexity index is 848. The van der Waals surface area contributed by atoms with Gasteiger partial charge in [-0.25, -0.2) is 0 Å². The molecule has 2 aromatic rings. The highest BCUT2D eigenvalue weighted by molar-refractivity contribution is 6.31.